The number of aromatic nitrogens is 2. The third kappa shape index (κ3) is 6.47. The first kappa shape index (κ1) is 32.0. The van der Waals surface area contributed by atoms with E-state index < -0.39 is 17.6 Å². The van der Waals surface area contributed by atoms with Gasteiger partial charge < -0.3 is 19.1 Å². The highest BCUT2D eigenvalue weighted by molar-refractivity contribution is 6.42. The zero-order valence-electron chi connectivity index (χ0n) is 25.8. The van der Waals surface area contributed by atoms with Crippen LogP contribution in [0.5, 0.6) is 0 Å². The summed E-state index contributed by atoms with van der Waals surface area (Å²) in [7, 11) is 3.42. The summed E-state index contributed by atoms with van der Waals surface area (Å²) in [4.78, 5) is 36.3. The molecule has 0 bridgehead atoms. The lowest BCUT2D eigenvalue weighted by Gasteiger charge is -2.46. The van der Waals surface area contributed by atoms with Gasteiger partial charge in [0.1, 0.15) is 11.4 Å². The Bertz CT molecular complexity index is 1760. The average molecular weight is 667 g/mol. The first-order valence-electron chi connectivity index (χ1n) is 15.1. The van der Waals surface area contributed by atoms with Crippen LogP contribution in [0, 0.1) is 12.7 Å². The van der Waals surface area contributed by atoms with Crippen molar-refractivity contribution >= 4 is 40.9 Å². The van der Waals surface area contributed by atoms with Crippen molar-refractivity contribution in [2.24, 2.45) is 0 Å². The number of hydrogen-bond donors (Lipinski definition) is 0. The van der Waals surface area contributed by atoms with E-state index in [-0.39, 0.29) is 11.7 Å². The van der Waals surface area contributed by atoms with Gasteiger partial charge in [-0.3, -0.25) is 9.69 Å². The monoisotopic (exact) mass is 665 g/mol. The average Bonchev–Trinajstić information content (AvgIpc) is 3.49. The van der Waals surface area contributed by atoms with E-state index >= 15 is 0 Å². The highest BCUT2D eigenvalue weighted by Crippen LogP contribution is 2.45. The van der Waals surface area contributed by atoms with Gasteiger partial charge in [-0.15, -0.1) is 0 Å². The number of nitrogens with zero attached hydrogens (tertiary/aromatic N) is 5. The van der Waals surface area contributed by atoms with Gasteiger partial charge in [0, 0.05) is 64.6 Å². The molecule has 0 aliphatic carbocycles. The molecule has 0 saturated carbocycles. The Morgan fingerprint density at radius 1 is 1.07 bits per heavy atom. The van der Waals surface area contributed by atoms with Crippen LogP contribution >= 0.6 is 23.2 Å². The summed E-state index contributed by atoms with van der Waals surface area (Å²) in [6, 6.07) is 17.5. The normalized spacial score (nSPS) is 16.7. The van der Waals surface area contributed by atoms with Crippen LogP contribution in [0.2, 0.25) is 10.0 Å². The number of fused-ring (bicyclic) bond motifs is 2. The zero-order chi connectivity index (χ0) is 32.6. The second kappa shape index (κ2) is 13.0. The van der Waals surface area contributed by atoms with Crippen LogP contribution in [0.1, 0.15) is 47.8 Å². The number of likely N-dealkylation sites (N-methyl/N-ethyl adjacent to an activating group) is 1. The molecule has 6 rings (SSSR count). The standard InChI is InChI=1S/C34H34Cl2FN5O4/c1-21-38-31(39-46-21)23-6-4-22(5-7-23)20-40(2)32(43)26(24-8-10-28(35)29(36)18-24)12-15-42-16-13-34(14-17-42)27-19-25(37)9-11-30(27)41(3)33(44)45-34/h4-11,18-19,26H,12-17,20H2,1-3H3. The summed E-state index contributed by atoms with van der Waals surface area (Å²) in [5, 5.41) is 4.78. The number of amides is 2. The molecule has 1 aromatic heterocycles. The molecule has 0 N–H and O–H groups in total. The molecular weight excluding hydrogens is 632 g/mol. The largest absolute Gasteiger partial charge is 0.437 e. The Labute approximate surface area is 276 Å². The second-order valence-electron chi connectivity index (χ2n) is 12.0. The summed E-state index contributed by atoms with van der Waals surface area (Å²) in [6.45, 7) is 4.02. The smallest absolute Gasteiger partial charge is 0.414 e. The molecule has 3 aromatic carbocycles. The van der Waals surface area contributed by atoms with Crippen LogP contribution in [0.25, 0.3) is 11.4 Å². The van der Waals surface area contributed by atoms with Crippen molar-refractivity contribution in [3.05, 3.63) is 99.1 Å². The summed E-state index contributed by atoms with van der Waals surface area (Å²) in [6.07, 6.45) is 1.14. The number of benzene rings is 3. The number of carbonyl (C=O) groups is 2. The molecule has 240 valence electrons. The van der Waals surface area contributed by atoms with Crippen LogP contribution < -0.4 is 4.90 Å². The van der Waals surface area contributed by atoms with Crippen LogP contribution in [-0.4, -0.2) is 65.7 Å². The van der Waals surface area contributed by atoms with Gasteiger partial charge in [-0.25, -0.2) is 9.18 Å². The van der Waals surface area contributed by atoms with Gasteiger partial charge >= 0.3 is 6.09 Å². The van der Waals surface area contributed by atoms with Crippen molar-refractivity contribution in [2.75, 3.05) is 38.6 Å². The molecule has 1 unspecified atom stereocenters. The molecule has 1 spiro atoms. The molecule has 1 saturated heterocycles. The molecular formula is C34H34Cl2FN5O4. The number of anilines is 1. The van der Waals surface area contributed by atoms with Gasteiger partial charge in [0.25, 0.3) is 0 Å². The molecule has 1 fully saturated rings. The minimum Gasteiger partial charge on any atom is -0.437 e. The molecule has 12 heteroatoms. The Morgan fingerprint density at radius 3 is 2.48 bits per heavy atom. The Hall–Kier alpha value is -3.99. The van der Waals surface area contributed by atoms with Crippen molar-refractivity contribution in [1.29, 1.82) is 0 Å². The van der Waals surface area contributed by atoms with Gasteiger partial charge in [0.2, 0.25) is 17.6 Å². The van der Waals surface area contributed by atoms with E-state index in [1.807, 2.05) is 30.3 Å². The maximum Gasteiger partial charge on any atom is 0.414 e. The van der Waals surface area contributed by atoms with Crippen LogP contribution in [-0.2, 0) is 21.7 Å². The predicted molar refractivity (Wildman–Crippen MR) is 173 cm³/mol. The number of likely N-dealkylation sites (tertiary alicyclic amines) is 1. The van der Waals surface area contributed by atoms with Crippen molar-refractivity contribution < 1.29 is 23.2 Å². The van der Waals surface area contributed by atoms with Crippen LogP contribution in [0.3, 0.4) is 0 Å². The van der Waals surface area contributed by atoms with Crippen molar-refractivity contribution in [2.45, 2.75) is 44.2 Å². The predicted octanol–water partition coefficient (Wildman–Crippen LogP) is 7.20. The molecule has 9 nitrogen and oxygen atoms in total. The van der Waals surface area contributed by atoms with Gasteiger partial charge in [-0.05, 0) is 54.4 Å². The number of ether oxygens (including phenoxy) is 1. The second-order valence-corrected chi connectivity index (χ2v) is 12.8. The summed E-state index contributed by atoms with van der Waals surface area (Å²) in [5.74, 6) is 0.138. The first-order valence-corrected chi connectivity index (χ1v) is 15.9. The van der Waals surface area contributed by atoms with E-state index in [0.717, 1.165) is 16.7 Å². The quantitative estimate of drug-likeness (QED) is 0.197. The molecule has 4 aromatic rings. The summed E-state index contributed by atoms with van der Waals surface area (Å²) < 4.78 is 25.3. The summed E-state index contributed by atoms with van der Waals surface area (Å²) in [5.41, 5.74) is 3.05. The highest BCUT2D eigenvalue weighted by Gasteiger charge is 2.46. The Kier molecular flexibility index (Phi) is 9.05. The van der Waals surface area contributed by atoms with Crippen LogP contribution in [0.4, 0.5) is 14.9 Å². The minimum absolute atomic E-state index is 0.0432. The lowest BCUT2D eigenvalue weighted by molar-refractivity contribution is -0.132. The molecule has 1 atom stereocenters. The van der Waals surface area contributed by atoms with Gasteiger partial charge in [-0.2, -0.15) is 4.98 Å². The molecule has 2 aliphatic heterocycles. The van der Waals surface area contributed by atoms with Crippen molar-refractivity contribution in [3.63, 3.8) is 0 Å². The van der Waals surface area contributed by atoms with Crippen molar-refractivity contribution in [1.82, 2.24) is 19.9 Å². The topological polar surface area (TPSA) is 92.0 Å². The first-order chi connectivity index (χ1) is 22.0. The minimum atomic E-state index is -0.880. The number of aryl methyl sites for hydroxylation is 1. The van der Waals surface area contributed by atoms with Gasteiger partial charge in [-0.1, -0.05) is 58.7 Å². The Morgan fingerprint density at radius 2 is 1.80 bits per heavy atom. The third-order valence-corrected chi connectivity index (χ3v) is 9.68. The van der Waals surface area contributed by atoms with E-state index in [2.05, 4.69) is 15.0 Å². The molecule has 2 aliphatic rings. The summed E-state index contributed by atoms with van der Waals surface area (Å²) >= 11 is 12.6. The fraction of sp³-hybridized carbons (Fsp3) is 0.353. The fourth-order valence-electron chi connectivity index (χ4n) is 6.33. The SMILES string of the molecule is Cc1nc(-c2ccc(CN(C)C(=O)C(CCN3CCC4(CC3)OC(=O)N(C)c3ccc(F)cc34)c3ccc(Cl)c(Cl)c3)cc2)no1. The lowest BCUT2D eigenvalue weighted by atomic mass is 9.81. The van der Waals surface area contributed by atoms with E-state index in [9.17, 15) is 14.0 Å². The van der Waals surface area contributed by atoms with E-state index in [1.54, 1.807) is 44.1 Å². The van der Waals surface area contributed by atoms with E-state index in [0.29, 0.717) is 78.5 Å². The number of halogens is 3. The lowest BCUT2D eigenvalue weighted by Crippen LogP contribution is -2.51. The number of carbonyl (C=O) groups excluding carboxylic acids is 2. The Balaban J connectivity index is 1.15. The van der Waals surface area contributed by atoms with E-state index in [4.69, 9.17) is 32.5 Å². The number of piperidine rings is 1. The van der Waals surface area contributed by atoms with Crippen molar-refractivity contribution in [3.8, 4) is 11.4 Å². The zero-order valence-corrected chi connectivity index (χ0v) is 27.3. The maximum atomic E-state index is 14.3. The van der Waals surface area contributed by atoms with E-state index in [1.165, 1.54) is 17.0 Å². The van der Waals surface area contributed by atoms with Gasteiger partial charge in [0.05, 0.1) is 21.7 Å². The molecule has 2 amide bonds. The number of hydrogen-bond acceptors (Lipinski definition) is 7. The fourth-order valence-corrected chi connectivity index (χ4v) is 6.64. The third-order valence-electron chi connectivity index (χ3n) is 8.94. The van der Waals surface area contributed by atoms with Crippen LogP contribution in [0.15, 0.2) is 65.2 Å². The number of rotatable bonds is 8. The maximum absolute atomic E-state index is 14.3. The van der Waals surface area contributed by atoms with Gasteiger partial charge in [0.15, 0.2) is 0 Å². The molecule has 46 heavy (non-hydrogen) atoms. The molecule has 0 radical (unpaired) electrons. The molecule has 3 heterocycles. The highest BCUT2D eigenvalue weighted by atomic mass is 35.5.